The lowest BCUT2D eigenvalue weighted by Gasteiger charge is -2.43. The Hall–Kier alpha value is -4.08. The van der Waals surface area contributed by atoms with Gasteiger partial charge in [0.15, 0.2) is 0 Å². The number of nitrogens with zero attached hydrogens (tertiary/aromatic N) is 1. The van der Waals surface area contributed by atoms with Crippen molar-refractivity contribution in [3.63, 3.8) is 0 Å². The minimum absolute atomic E-state index is 0.118. The van der Waals surface area contributed by atoms with Gasteiger partial charge in [-0.2, -0.15) is 0 Å². The summed E-state index contributed by atoms with van der Waals surface area (Å²) in [5.74, 6) is -2.06. The molecule has 2 aromatic carbocycles. The molecule has 10 nitrogen and oxygen atoms in total. The van der Waals surface area contributed by atoms with Gasteiger partial charge in [0.1, 0.15) is 23.4 Å². The number of para-hydroxylation sites is 2. The van der Waals surface area contributed by atoms with Crippen LogP contribution in [0.3, 0.4) is 0 Å². The number of aryl methyl sites for hydroxylation is 1. The molecule has 2 aromatic rings. The fourth-order valence-corrected chi connectivity index (χ4v) is 4.04. The Bertz CT molecular complexity index is 1200. The van der Waals surface area contributed by atoms with Crippen molar-refractivity contribution in [1.29, 1.82) is 0 Å². The monoisotopic (exact) mass is 540 g/mol. The topological polar surface area (TPSA) is 151 Å². The molecule has 0 saturated heterocycles. The second-order valence-corrected chi connectivity index (χ2v) is 11.3. The third kappa shape index (κ3) is 9.01. The molecule has 0 fully saturated rings. The molecule has 10 heteroatoms. The lowest BCUT2D eigenvalue weighted by molar-refractivity contribution is -0.147. The molecule has 0 aromatic heterocycles. The third-order valence-electron chi connectivity index (χ3n) is 5.77. The van der Waals surface area contributed by atoms with Crippen LogP contribution in [0.2, 0.25) is 0 Å². The Kier molecular flexibility index (Phi) is 10.1. The number of alkyl carbamates (subject to hydrolysis) is 1. The van der Waals surface area contributed by atoms with Gasteiger partial charge in [-0.15, -0.1) is 0 Å². The number of ether oxygens (including phenoxy) is 1. The number of phenols is 1. The van der Waals surface area contributed by atoms with E-state index in [2.05, 4.69) is 10.6 Å². The van der Waals surface area contributed by atoms with Crippen LogP contribution in [0.4, 0.5) is 10.5 Å². The van der Waals surface area contributed by atoms with Gasteiger partial charge in [0.2, 0.25) is 11.8 Å². The smallest absolute Gasteiger partial charge is 0.408 e. The van der Waals surface area contributed by atoms with Crippen LogP contribution in [-0.4, -0.2) is 51.0 Å². The van der Waals surface area contributed by atoms with Crippen molar-refractivity contribution < 1.29 is 29.0 Å². The number of hydrogen-bond donors (Lipinski definition) is 4. The van der Waals surface area contributed by atoms with Crippen molar-refractivity contribution in [2.24, 2.45) is 5.73 Å². The van der Waals surface area contributed by atoms with Gasteiger partial charge < -0.3 is 31.1 Å². The molecule has 0 heterocycles. The first kappa shape index (κ1) is 31.1. The summed E-state index contributed by atoms with van der Waals surface area (Å²) in [5, 5.41) is 16.2. The molecule has 2 atom stereocenters. The molecule has 0 saturated carbocycles. The zero-order valence-corrected chi connectivity index (χ0v) is 23.7. The number of carbonyl (C=O) groups is 4. The largest absolute Gasteiger partial charge is 0.508 e. The highest BCUT2D eigenvalue weighted by Crippen LogP contribution is 2.35. The van der Waals surface area contributed by atoms with E-state index in [0.717, 1.165) is 5.56 Å². The number of phenolic OH excluding ortho intramolecular Hbond substituents is 1. The summed E-state index contributed by atoms with van der Waals surface area (Å²) in [6.45, 7) is 12.1. The maximum Gasteiger partial charge on any atom is 0.408 e. The molecule has 2 unspecified atom stereocenters. The maximum atomic E-state index is 14.2. The first-order chi connectivity index (χ1) is 18.0. The number of aromatic hydroxyl groups is 1. The third-order valence-corrected chi connectivity index (χ3v) is 5.77. The number of carbonyl (C=O) groups excluding carboxylic acids is 4. The molecule has 4 amide bonds. The highest BCUT2D eigenvalue weighted by Gasteiger charge is 2.43. The van der Waals surface area contributed by atoms with Gasteiger partial charge in [0, 0.05) is 23.2 Å². The lowest BCUT2D eigenvalue weighted by Crippen LogP contribution is -2.58. The van der Waals surface area contributed by atoms with Gasteiger partial charge in [-0.3, -0.25) is 14.4 Å². The normalized spacial score (nSPS) is 13.1. The van der Waals surface area contributed by atoms with E-state index < -0.39 is 47.0 Å². The molecule has 0 aliphatic rings. The minimum Gasteiger partial charge on any atom is -0.508 e. The first-order valence-electron chi connectivity index (χ1n) is 12.8. The predicted molar refractivity (Wildman–Crippen MR) is 149 cm³/mol. The number of benzene rings is 2. The predicted octanol–water partition coefficient (Wildman–Crippen LogP) is 4.17. The second-order valence-electron chi connectivity index (χ2n) is 11.3. The van der Waals surface area contributed by atoms with Crippen LogP contribution in [0.15, 0.2) is 48.5 Å². The fourth-order valence-electron chi connectivity index (χ4n) is 4.04. The zero-order chi connectivity index (χ0) is 29.5. The van der Waals surface area contributed by atoms with Crippen LogP contribution in [0.5, 0.6) is 5.75 Å². The number of hydrogen-bond acceptors (Lipinski definition) is 6. The zero-order valence-electron chi connectivity index (χ0n) is 23.7. The quantitative estimate of drug-likeness (QED) is 0.375. The first-order valence-corrected chi connectivity index (χ1v) is 12.8. The lowest BCUT2D eigenvalue weighted by atomic mass is 9.94. The van der Waals surface area contributed by atoms with E-state index in [4.69, 9.17) is 10.5 Å². The number of nitrogens with one attached hydrogen (secondary N) is 2. The Balaban J connectivity index is 2.62. The Morgan fingerprint density at radius 3 is 2.10 bits per heavy atom. The van der Waals surface area contributed by atoms with Gasteiger partial charge in [-0.25, -0.2) is 4.79 Å². The highest BCUT2D eigenvalue weighted by atomic mass is 16.6. The maximum absolute atomic E-state index is 14.2. The molecule has 0 spiro atoms. The SMILES string of the molecule is Cc1ccccc1NC(=O)C(c1ccccc1O)N(C(=O)C(CCC(N)=O)NC(=O)OC(C)(C)C)C(C)(C)C. The highest BCUT2D eigenvalue weighted by molar-refractivity contribution is 6.00. The molecule has 39 heavy (non-hydrogen) atoms. The van der Waals surface area contributed by atoms with Crippen LogP contribution in [0.1, 0.15) is 71.6 Å². The van der Waals surface area contributed by atoms with E-state index in [9.17, 15) is 24.3 Å². The number of anilines is 1. The van der Waals surface area contributed by atoms with Crippen LogP contribution in [-0.2, 0) is 19.1 Å². The Labute approximate surface area is 229 Å². The number of rotatable bonds is 9. The van der Waals surface area contributed by atoms with Crippen molar-refractivity contribution in [3.05, 3.63) is 59.7 Å². The van der Waals surface area contributed by atoms with Crippen molar-refractivity contribution in [2.75, 3.05) is 5.32 Å². The van der Waals surface area contributed by atoms with Crippen LogP contribution < -0.4 is 16.4 Å². The van der Waals surface area contributed by atoms with E-state index in [1.165, 1.54) is 11.0 Å². The summed E-state index contributed by atoms with van der Waals surface area (Å²) >= 11 is 0. The van der Waals surface area contributed by atoms with Crippen molar-refractivity contribution in [2.45, 2.75) is 84.5 Å². The van der Waals surface area contributed by atoms with E-state index in [1.54, 1.807) is 71.9 Å². The summed E-state index contributed by atoms with van der Waals surface area (Å²) < 4.78 is 5.34. The van der Waals surface area contributed by atoms with Crippen molar-refractivity contribution in [3.8, 4) is 5.75 Å². The molecule has 0 aliphatic carbocycles. The van der Waals surface area contributed by atoms with Crippen LogP contribution in [0.25, 0.3) is 0 Å². The number of nitrogens with two attached hydrogens (primary N) is 1. The molecule has 0 bridgehead atoms. The van der Waals surface area contributed by atoms with Gasteiger partial charge in [-0.1, -0.05) is 36.4 Å². The fraction of sp³-hybridized carbons (Fsp3) is 0.448. The van der Waals surface area contributed by atoms with Crippen molar-refractivity contribution >= 4 is 29.5 Å². The molecule has 0 radical (unpaired) electrons. The number of primary amides is 1. The van der Waals surface area contributed by atoms with E-state index in [-0.39, 0.29) is 24.2 Å². The molecule has 2 rings (SSSR count). The molecule has 212 valence electrons. The average Bonchev–Trinajstić information content (AvgIpc) is 2.79. The summed E-state index contributed by atoms with van der Waals surface area (Å²) in [5.41, 5.74) is 5.08. The summed E-state index contributed by atoms with van der Waals surface area (Å²) in [6.07, 6.45) is -1.17. The summed E-state index contributed by atoms with van der Waals surface area (Å²) in [6, 6.07) is 10.9. The average molecular weight is 541 g/mol. The summed E-state index contributed by atoms with van der Waals surface area (Å²) in [4.78, 5) is 53.7. The van der Waals surface area contributed by atoms with Crippen LogP contribution in [0, 0.1) is 6.92 Å². The Morgan fingerprint density at radius 1 is 0.974 bits per heavy atom. The van der Waals surface area contributed by atoms with E-state index >= 15 is 0 Å². The molecular weight excluding hydrogens is 500 g/mol. The minimum atomic E-state index is -1.30. The molecule has 0 aliphatic heterocycles. The second kappa shape index (κ2) is 12.6. The van der Waals surface area contributed by atoms with Gasteiger partial charge >= 0.3 is 6.09 Å². The van der Waals surface area contributed by atoms with Gasteiger partial charge in [0.25, 0.3) is 5.91 Å². The Morgan fingerprint density at radius 2 is 1.56 bits per heavy atom. The molecular formula is C29H40N4O6. The standard InChI is InChI=1S/C29H40N4O6/c1-18-12-8-10-14-20(18)31-25(36)24(19-13-9-11-15-22(19)34)33(28(2,3)4)26(37)21(16-17-23(30)35)32-27(38)39-29(5,6)7/h8-15,21,24,34H,16-17H2,1-7H3,(H2,30,35)(H,31,36)(H,32,38). The van der Waals surface area contributed by atoms with Gasteiger partial charge in [-0.05, 0) is 72.6 Å². The van der Waals surface area contributed by atoms with Crippen molar-refractivity contribution in [1.82, 2.24) is 10.2 Å². The van der Waals surface area contributed by atoms with E-state index in [0.29, 0.717) is 5.69 Å². The van der Waals surface area contributed by atoms with E-state index in [1.807, 2.05) is 19.1 Å². The molecule has 5 N–H and O–H groups in total. The van der Waals surface area contributed by atoms with Crippen LogP contribution >= 0.6 is 0 Å². The van der Waals surface area contributed by atoms with Gasteiger partial charge in [0.05, 0.1) is 0 Å². The summed E-state index contributed by atoms with van der Waals surface area (Å²) in [7, 11) is 0. The number of amides is 4.